The van der Waals surface area contributed by atoms with E-state index in [0.29, 0.717) is 6.10 Å². The molecule has 0 saturated heterocycles. The van der Waals surface area contributed by atoms with Crippen LogP contribution < -0.4 is 0 Å². The number of hydrogen-bond donors (Lipinski definition) is 0. The van der Waals surface area contributed by atoms with Crippen LogP contribution in [0.2, 0.25) is 0 Å². The van der Waals surface area contributed by atoms with E-state index in [1.165, 1.54) is 0 Å². The van der Waals surface area contributed by atoms with Crippen molar-refractivity contribution in [2.75, 3.05) is 0 Å². The first-order valence-electron chi connectivity index (χ1n) is 1.80. The molecule has 0 aromatic carbocycles. The fourth-order valence-electron chi connectivity index (χ4n) is 0. The van der Waals surface area contributed by atoms with E-state index < -0.39 is 0 Å². The second-order valence-electron chi connectivity index (χ2n) is 1.28. The summed E-state index contributed by atoms with van der Waals surface area (Å²) in [7, 11) is 0. The third kappa shape index (κ3) is 4.49. The van der Waals surface area contributed by atoms with Gasteiger partial charge in [-0.15, -0.1) is 0 Å². The predicted octanol–water partition coefficient (Wildman–Crippen LogP) is -0.0405. The molecule has 0 aromatic heterocycles. The highest BCUT2D eigenvalue weighted by Crippen LogP contribution is 1.76. The SMILES string of the molecule is CC(C)[O][AlH2]. The summed E-state index contributed by atoms with van der Waals surface area (Å²) < 4.78 is 4.89. The fourth-order valence-corrected chi connectivity index (χ4v) is 0. The Bertz CT molecular complexity index is 20.9. The lowest BCUT2D eigenvalue weighted by Gasteiger charge is -1.97. The van der Waals surface area contributed by atoms with Gasteiger partial charge in [0, 0.05) is 6.10 Å². The van der Waals surface area contributed by atoms with Crippen molar-refractivity contribution < 1.29 is 3.79 Å². The van der Waals surface area contributed by atoms with Gasteiger partial charge in [0.25, 0.3) is 0 Å². The molecule has 0 unspecified atom stereocenters. The van der Waals surface area contributed by atoms with E-state index in [9.17, 15) is 0 Å². The Balaban J connectivity index is 2.54. The maximum atomic E-state index is 4.89. The van der Waals surface area contributed by atoms with E-state index in [2.05, 4.69) is 0 Å². The number of rotatable bonds is 1. The van der Waals surface area contributed by atoms with Crippen LogP contribution in [0.15, 0.2) is 0 Å². The first-order chi connectivity index (χ1) is 2.27. The Morgan fingerprint density at radius 3 is 1.80 bits per heavy atom. The molecule has 0 rings (SSSR count). The van der Waals surface area contributed by atoms with Gasteiger partial charge in [-0.3, -0.25) is 0 Å². The van der Waals surface area contributed by atoms with Crippen molar-refractivity contribution in [3.8, 4) is 0 Å². The van der Waals surface area contributed by atoms with Crippen LogP contribution in [-0.2, 0) is 3.79 Å². The minimum absolute atomic E-state index is 0.446. The molecule has 0 amide bonds. The zero-order valence-electron chi connectivity index (χ0n) is 3.99. The zero-order valence-corrected chi connectivity index (χ0v) is 5.99. The molecule has 0 fully saturated rings. The predicted molar refractivity (Wildman–Crippen MR) is 24.8 cm³/mol. The lowest BCUT2D eigenvalue weighted by Crippen LogP contribution is -1.95. The van der Waals surface area contributed by atoms with Crippen LogP contribution in [0.4, 0.5) is 0 Å². The van der Waals surface area contributed by atoms with E-state index in [1.54, 1.807) is 0 Å². The monoisotopic (exact) mass is 88.0 g/mol. The Hall–Kier alpha value is 0.492. The molecular formula is C3H9AlO. The topological polar surface area (TPSA) is 9.23 Å². The van der Waals surface area contributed by atoms with E-state index in [0.717, 1.165) is 16.6 Å². The standard InChI is InChI=1S/C3H7O.Al.2H/c1-3(2)4;;;/h3H,1-2H3;;;/q-1;+1;;. The van der Waals surface area contributed by atoms with E-state index in [1.807, 2.05) is 13.8 Å². The molecule has 0 saturated carbocycles. The van der Waals surface area contributed by atoms with Gasteiger partial charge in [0.2, 0.25) is 0 Å². The summed E-state index contributed by atoms with van der Waals surface area (Å²) in [4.78, 5) is 0. The van der Waals surface area contributed by atoms with Gasteiger partial charge in [0.1, 0.15) is 0 Å². The zero-order chi connectivity index (χ0) is 4.28. The summed E-state index contributed by atoms with van der Waals surface area (Å²) in [5, 5.41) is 0. The Labute approximate surface area is 41.1 Å². The van der Waals surface area contributed by atoms with Crippen LogP contribution in [0, 0.1) is 0 Å². The van der Waals surface area contributed by atoms with Crippen LogP contribution in [0.3, 0.4) is 0 Å². The van der Waals surface area contributed by atoms with Crippen LogP contribution in [-0.4, -0.2) is 22.7 Å². The third-order valence-electron chi connectivity index (χ3n) is 0.471. The van der Waals surface area contributed by atoms with E-state index in [-0.39, 0.29) is 0 Å². The molecule has 0 bridgehead atoms. The molecule has 0 radical (unpaired) electrons. The van der Waals surface area contributed by atoms with Crippen LogP contribution in [0.25, 0.3) is 0 Å². The Morgan fingerprint density at radius 2 is 1.80 bits per heavy atom. The van der Waals surface area contributed by atoms with Crippen molar-refractivity contribution in [2.45, 2.75) is 20.0 Å². The summed E-state index contributed by atoms with van der Waals surface area (Å²) >= 11 is 0.873. The molecule has 0 aliphatic heterocycles. The molecule has 0 aromatic rings. The van der Waals surface area contributed by atoms with Crippen molar-refractivity contribution in [3.63, 3.8) is 0 Å². The lowest BCUT2D eigenvalue weighted by atomic mass is 10.5. The summed E-state index contributed by atoms with van der Waals surface area (Å²) in [6.45, 7) is 4.07. The smallest absolute Gasteiger partial charge is 0.410 e. The maximum absolute atomic E-state index is 4.89. The third-order valence-corrected chi connectivity index (χ3v) is 1.41. The maximum Gasteiger partial charge on any atom is 0.410 e. The minimum Gasteiger partial charge on any atom is -0.504 e. The molecule has 0 aliphatic carbocycles. The fraction of sp³-hybridized carbons (Fsp3) is 1.00. The second-order valence-corrected chi connectivity index (χ2v) is 1.76. The molecule has 0 atom stereocenters. The lowest BCUT2D eigenvalue weighted by molar-refractivity contribution is 0.267. The molecule has 1 nitrogen and oxygen atoms in total. The highest BCUT2D eigenvalue weighted by atomic mass is 27.1. The normalized spacial score (nSPS) is 9.40. The molecule has 5 heavy (non-hydrogen) atoms. The molecule has 0 aliphatic rings. The highest BCUT2D eigenvalue weighted by molar-refractivity contribution is 5.98. The van der Waals surface area contributed by atoms with Gasteiger partial charge in [-0.05, 0) is 13.8 Å². The summed E-state index contributed by atoms with van der Waals surface area (Å²) in [5.74, 6) is 0. The summed E-state index contributed by atoms with van der Waals surface area (Å²) in [6, 6.07) is 0. The Kier molecular flexibility index (Phi) is 2.98. The molecule has 0 N–H and O–H groups in total. The molecule has 30 valence electrons. The number of hydrogen-bond acceptors (Lipinski definition) is 1. The van der Waals surface area contributed by atoms with E-state index >= 15 is 0 Å². The van der Waals surface area contributed by atoms with Crippen molar-refractivity contribution in [1.29, 1.82) is 0 Å². The largest absolute Gasteiger partial charge is 0.504 e. The molecule has 0 spiro atoms. The average molecular weight is 88.1 g/mol. The van der Waals surface area contributed by atoms with Gasteiger partial charge in [-0.2, -0.15) is 0 Å². The van der Waals surface area contributed by atoms with Crippen molar-refractivity contribution in [3.05, 3.63) is 0 Å². The van der Waals surface area contributed by atoms with Gasteiger partial charge >= 0.3 is 16.6 Å². The van der Waals surface area contributed by atoms with Crippen molar-refractivity contribution in [2.24, 2.45) is 0 Å². The Morgan fingerprint density at radius 1 is 1.60 bits per heavy atom. The quantitative estimate of drug-likeness (QED) is 0.409. The first kappa shape index (κ1) is 5.49. The van der Waals surface area contributed by atoms with Gasteiger partial charge in [0.05, 0.1) is 0 Å². The summed E-state index contributed by atoms with van der Waals surface area (Å²) in [6.07, 6.45) is 0.446. The highest BCUT2D eigenvalue weighted by Gasteiger charge is 1.77. The van der Waals surface area contributed by atoms with E-state index in [4.69, 9.17) is 3.79 Å². The summed E-state index contributed by atoms with van der Waals surface area (Å²) in [5.41, 5.74) is 0. The molecular weight excluding hydrogens is 79.0 g/mol. The average Bonchev–Trinajstić information content (AvgIpc) is 1.38. The van der Waals surface area contributed by atoms with Crippen LogP contribution >= 0.6 is 0 Å². The van der Waals surface area contributed by atoms with Crippen molar-refractivity contribution >= 4 is 16.6 Å². The van der Waals surface area contributed by atoms with Gasteiger partial charge in [-0.1, -0.05) is 0 Å². The first-order valence-corrected chi connectivity index (χ1v) is 2.62. The van der Waals surface area contributed by atoms with Crippen LogP contribution in [0.1, 0.15) is 13.8 Å². The van der Waals surface area contributed by atoms with Gasteiger partial charge in [-0.25, -0.2) is 0 Å². The minimum atomic E-state index is 0.446. The van der Waals surface area contributed by atoms with Crippen LogP contribution in [0.5, 0.6) is 0 Å². The second kappa shape index (κ2) is 2.72. The van der Waals surface area contributed by atoms with Crippen molar-refractivity contribution in [1.82, 2.24) is 0 Å². The molecule has 2 heteroatoms. The van der Waals surface area contributed by atoms with Gasteiger partial charge in [0.15, 0.2) is 0 Å². The molecule has 0 heterocycles. The van der Waals surface area contributed by atoms with Gasteiger partial charge < -0.3 is 3.79 Å².